The van der Waals surface area contributed by atoms with Gasteiger partial charge in [0.25, 0.3) is 0 Å². The smallest absolute Gasteiger partial charge is 0.404 e. The van der Waals surface area contributed by atoms with E-state index in [-0.39, 0.29) is 13.2 Å². The SMILES string of the molecule is CC(C)[C@H](NCc1ccc(OCC#N)cc1)C(F)(F)F. The zero-order valence-electron chi connectivity index (χ0n) is 11.4. The third-order valence-electron chi connectivity index (χ3n) is 2.77. The van der Waals surface area contributed by atoms with Crippen LogP contribution in [0.1, 0.15) is 19.4 Å². The molecule has 0 heterocycles. The summed E-state index contributed by atoms with van der Waals surface area (Å²) in [5.74, 6) is -0.0141. The van der Waals surface area contributed by atoms with Crippen LogP contribution in [0.5, 0.6) is 5.75 Å². The molecular weight excluding hydrogens is 269 g/mol. The highest BCUT2D eigenvalue weighted by Gasteiger charge is 2.41. The third kappa shape index (κ3) is 5.10. The van der Waals surface area contributed by atoms with E-state index in [1.807, 2.05) is 6.07 Å². The van der Waals surface area contributed by atoms with Crippen molar-refractivity contribution in [3.63, 3.8) is 0 Å². The normalized spacial score (nSPS) is 13.1. The van der Waals surface area contributed by atoms with Crippen molar-refractivity contribution in [3.05, 3.63) is 29.8 Å². The Hall–Kier alpha value is -1.74. The van der Waals surface area contributed by atoms with Gasteiger partial charge in [0.15, 0.2) is 6.61 Å². The highest BCUT2D eigenvalue weighted by molar-refractivity contribution is 5.27. The fraction of sp³-hybridized carbons (Fsp3) is 0.500. The number of benzene rings is 1. The van der Waals surface area contributed by atoms with Crippen LogP contribution in [0, 0.1) is 17.2 Å². The van der Waals surface area contributed by atoms with Crippen LogP contribution in [-0.2, 0) is 6.54 Å². The summed E-state index contributed by atoms with van der Waals surface area (Å²) in [7, 11) is 0. The molecule has 0 saturated carbocycles. The van der Waals surface area contributed by atoms with Crippen LogP contribution >= 0.6 is 0 Å². The largest absolute Gasteiger partial charge is 0.479 e. The second-order valence-electron chi connectivity index (χ2n) is 4.73. The molecule has 0 saturated heterocycles. The van der Waals surface area contributed by atoms with Gasteiger partial charge in [-0.25, -0.2) is 0 Å². The number of alkyl halides is 3. The number of nitriles is 1. The Bertz CT molecular complexity index is 449. The van der Waals surface area contributed by atoms with Gasteiger partial charge in [0.2, 0.25) is 0 Å². The Morgan fingerprint density at radius 1 is 1.25 bits per heavy atom. The van der Waals surface area contributed by atoms with Crippen LogP contribution in [0.25, 0.3) is 0 Å². The maximum Gasteiger partial charge on any atom is 0.404 e. The van der Waals surface area contributed by atoms with Crippen molar-refractivity contribution in [3.8, 4) is 11.8 Å². The highest BCUT2D eigenvalue weighted by Crippen LogP contribution is 2.25. The van der Waals surface area contributed by atoms with E-state index >= 15 is 0 Å². The van der Waals surface area contributed by atoms with E-state index in [0.29, 0.717) is 5.75 Å². The van der Waals surface area contributed by atoms with Crippen molar-refractivity contribution in [2.24, 2.45) is 5.92 Å². The summed E-state index contributed by atoms with van der Waals surface area (Å²) in [6.07, 6.45) is -4.26. The van der Waals surface area contributed by atoms with Gasteiger partial charge >= 0.3 is 6.18 Å². The zero-order chi connectivity index (χ0) is 15.2. The van der Waals surface area contributed by atoms with E-state index in [9.17, 15) is 13.2 Å². The van der Waals surface area contributed by atoms with Crippen LogP contribution in [0.3, 0.4) is 0 Å². The van der Waals surface area contributed by atoms with Gasteiger partial charge in [0.1, 0.15) is 17.9 Å². The maximum atomic E-state index is 12.8. The first kappa shape index (κ1) is 16.3. The molecular formula is C14H17F3N2O. The van der Waals surface area contributed by atoms with Gasteiger partial charge in [-0.2, -0.15) is 18.4 Å². The molecule has 0 unspecified atom stereocenters. The van der Waals surface area contributed by atoms with Crippen LogP contribution in [-0.4, -0.2) is 18.8 Å². The molecule has 0 amide bonds. The van der Waals surface area contributed by atoms with E-state index < -0.39 is 18.1 Å². The first-order chi connectivity index (χ1) is 9.34. The molecule has 1 N–H and O–H groups in total. The third-order valence-corrected chi connectivity index (χ3v) is 2.77. The number of rotatable bonds is 6. The lowest BCUT2D eigenvalue weighted by molar-refractivity contribution is -0.165. The molecule has 0 aliphatic rings. The molecule has 0 aliphatic carbocycles. The topological polar surface area (TPSA) is 45.0 Å². The van der Waals surface area contributed by atoms with Gasteiger partial charge < -0.3 is 10.1 Å². The highest BCUT2D eigenvalue weighted by atomic mass is 19.4. The molecule has 110 valence electrons. The van der Waals surface area contributed by atoms with E-state index in [2.05, 4.69) is 5.32 Å². The Kier molecular flexibility index (Phi) is 5.83. The van der Waals surface area contributed by atoms with Gasteiger partial charge in [0, 0.05) is 6.54 Å². The molecule has 3 nitrogen and oxygen atoms in total. The predicted octanol–water partition coefficient (Wildman–Crippen LogP) is 3.27. The maximum absolute atomic E-state index is 12.8. The van der Waals surface area contributed by atoms with Crippen molar-refractivity contribution in [1.29, 1.82) is 5.26 Å². The van der Waals surface area contributed by atoms with E-state index in [1.165, 1.54) is 13.8 Å². The fourth-order valence-corrected chi connectivity index (χ4v) is 1.78. The fourth-order valence-electron chi connectivity index (χ4n) is 1.78. The lowest BCUT2D eigenvalue weighted by Gasteiger charge is -2.25. The molecule has 1 atom stereocenters. The summed E-state index contributed by atoms with van der Waals surface area (Å²) in [6.45, 7) is 3.13. The van der Waals surface area contributed by atoms with Crippen LogP contribution in [0.2, 0.25) is 0 Å². The lowest BCUT2D eigenvalue weighted by Crippen LogP contribution is -2.45. The Balaban J connectivity index is 2.58. The van der Waals surface area contributed by atoms with Gasteiger partial charge in [-0.15, -0.1) is 0 Å². The van der Waals surface area contributed by atoms with Crippen LogP contribution in [0.4, 0.5) is 13.2 Å². The summed E-state index contributed by atoms with van der Waals surface area (Å²) >= 11 is 0. The molecule has 1 rings (SSSR count). The van der Waals surface area contributed by atoms with Crippen molar-refractivity contribution >= 4 is 0 Å². The number of nitrogens with zero attached hydrogens (tertiary/aromatic N) is 1. The molecule has 1 aromatic rings. The predicted molar refractivity (Wildman–Crippen MR) is 69.1 cm³/mol. The van der Waals surface area contributed by atoms with Gasteiger partial charge in [-0.05, 0) is 23.6 Å². The van der Waals surface area contributed by atoms with Crippen molar-refractivity contribution < 1.29 is 17.9 Å². The van der Waals surface area contributed by atoms with Gasteiger partial charge in [-0.3, -0.25) is 0 Å². The molecule has 0 fully saturated rings. The van der Waals surface area contributed by atoms with Crippen LogP contribution < -0.4 is 10.1 Å². The van der Waals surface area contributed by atoms with E-state index in [0.717, 1.165) is 5.56 Å². The molecule has 0 radical (unpaired) electrons. The first-order valence-electron chi connectivity index (χ1n) is 6.23. The van der Waals surface area contributed by atoms with Crippen LogP contribution in [0.15, 0.2) is 24.3 Å². The Morgan fingerprint density at radius 3 is 2.30 bits per heavy atom. The van der Waals surface area contributed by atoms with E-state index in [1.54, 1.807) is 24.3 Å². The molecule has 0 aliphatic heterocycles. The molecule has 20 heavy (non-hydrogen) atoms. The Labute approximate surface area is 116 Å². The summed E-state index contributed by atoms with van der Waals surface area (Å²) in [4.78, 5) is 0. The average Bonchev–Trinajstić information content (AvgIpc) is 2.36. The molecule has 0 aromatic heterocycles. The first-order valence-corrected chi connectivity index (χ1v) is 6.23. The van der Waals surface area contributed by atoms with Crippen molar-refractivity contribution in [2.45, 2.75) is 32.6 Å². The average molecular weight is 286 g/mol. The second-order valence-corrected chi connectivity index (χ2v) is 4.73. The molecule has 0 spiro atoms. The van der Waals surface area contributed by atoms with Crippen molar-refractivity contribution in [2.75, 3.05) is 6.61 Å². The second kappa shape index (κ2) is 7.15. The number of nitrogens with one attached hydrogen (secondary N) is 1. The number of hydrogen-bond acceptors (Lipinski definition) is 3. The van der Waals surface area contributed by atoms with Crippen molar-refractivity contribution in [1.82, 2.24) is 5.32 Å². The quantitative estimate of drug-likeness (QED) is 0.873. The van der Waals surface area contributed by atoms with Gasteiger partial charge in [-0.1, -0.05) is 26.0 Å². The Morgan fingerprint density at radius 2 is 1.85 bits per heavy atom. The molecule has 6 heteroatoms. The number of hydrogen-bond donors (Lipinski definition) is 1. The monoisotopic (exact) mass is 286 g/mol. The number of halogens is 3. The number of ether oxygens (including phenoxy) is 1. The summed E-state index contributed by atoms with van der Waals surface area (Å²) < 4.78 is 43.4. The minimum Gasteiger partial charge on any atom is -0.479 e. The standard InChI is InChI=1S/C14H17F3N2O/c1-10(2)13(14(15,16)17)19-9-11-3-5-12(6-4-11)20-8-7-18/h3-6,10,13,19H,8-9H2,1-2H3/t13-/m0/s1. The summed E-state index contributed by atoms with van der Waals surface area (Å²) in [5, 5.41) is 10.9. The minimum atomic E-state index is -4.26. The molecule has 1 aromatic carbocycles. The summed E-state index contributed by atoms with van der Waals surface area (Å²) in [6, 6.07) is 6.92. The van der Waals surface area contributed by atoms with E-state index in [4.69, 9.17) is 10.00 Å². The minimum absolute atomic E-state index is 0.0545. The lowest BCUT2D eigenvalue weighted by atomic mass is 10.0. The van der Waals surface area contributed by atoms with Gasteiger partial charge in [0.05, 0.1) is 0 Å². The summed E-state index contributed by atoms with van der Waals surface area (Å²) in [5.41, 5.74) is 0.726. The molecule has 0 bridgehead atoms. The zero-order valence-corrected chi connectivity index (χ0v) is 11.4.